The van der Waals surface area contributed by atoms with Crippen LogP contribution in [0.2, 0.25) is 5.02 Å². The third kappa shape index (κ3) is 3.43. The lowest BCUT2D eigenvalue weighted by Crippen LogP contribution is -2.25. The molecule has 1 fully saturated rings. The highest BCUT2D eigenvalue weighted by molar-refractivity contribution is 6.33. The van der Waals surface area contributed by atoms with E-state index in [0.29, 0.717) is 40.1 Å². The molecule has 3 heterocycles. The molecule has 1 saturated carbocycles. The van der Waals surface area contributed by atoms with Gasteiger partial charge in [0.2, 0.25) is 0 Å². The zero-order valence-electron chi connectivity index (χ0n) is 17.6. The number of nitrogens with two attached hydrogens (primary N) is 2. The average Bonchev–Trinajstić information content (AvgIpc) is 3.27. The summed E-state index contributed by atoms with van der Waals surface area (Å²) in [5.74, 6) is 0.408. The molecule has 9 heteroatoms. The summed E-state index contributed by atoms with van der Waals surface area (Å²) >= 11 is 6.00. The summed E-state index contributed by atoms with van der Waals surface area (Å²) in [4.78, 5) is 12.7. The zero-order valence-corrected chi connectivity index (χ0v) is 18.3. The first-order valence-corrected chi connectivity index (χ1v) is 11.0. The lowest BCUT2D eigenvalue weighted by atomic mass is 9.95. The van der Waals surface area contributed by atoms with E-state index in [0.717, 1.165) is 29.6 Å². The Kier molecular flexibility index (Phi) is 5.14. The Bertz CT molecular complexity index is 1340. The van der Waals surface area contributed by atoms with Crippen LogP contribution in [0.4, 0.5) is 16.0 Å². The number of fused-ring (bicyclic) bond motifs is 2. The van der Waals surface area contributed by atoms with Crippen molar-refractivity contribution in [2.45, 2.75) is 44.8 Å². The third-order valence-electron chi connectivity index (χ3n) is 6.65. The van der Waals surface area contributed by atoms with Gasteiger partial charge in [-0.15, -0.1) is 0 Å². The molecule has 0 bridgehead atoms. The van der Waals surface area contributed by atoms with Gasteiger partial charge in [-0.05, 0) is 68.4 Å². The minimum Gasteiger partial charge on any atom is -0.391 e. The number of benzene rings is 1. The molecule has 1 aliphatic rings. The SMILES string of the molecule is Cc1cc2c(N)ncnc2n1C1CCC(CCc2cc3nc(N)c(Cl)cc3cc2F)[C@@H]1O. The van der Waals surface area contributed by atoms with Crippen LogP contribution in [0.3, 0.4) is 0 Å². The first-order valence-electron chi connectivity index (χ1n) is 10.6. The van der Waals surface area contributed by atoms with E-state index in [-0.39, 0.29) is 23.6 Å². The highest BCUT2D eigenvalue weighted by Crippen LogP contribution is 2.40. The van der Waals surface area contributed by atoms with E-state index in [2.05, 4.69) is 19.5 Å². The van der Waals surface area contributed by atoms with E-state index in [9.17, 15) is 9.50 Å². The second-order valence-corrected chi connectivity index (χ2v) is 8.98. The second kappa shape index (κ2) is 7.86. The van der Waals surface area contributed by atoms with Crippen molar-refractivity contribution in [3.63, 3.8) is 0 Å². The Morgan fingerprint density at radius 1 is 1.16 bits per heavy atom. The normalized spacial score (nSPS) is 21.1. The van der Waals surface area contributed by atoms with E-state index < -0.39 is 6.10 Å². The Balaban J connectivity index is 1.36. The summed E-state index contributed by atoms with van der Waals surface area (Å²) in [6, 6.07) is 6.64. The number of halogens is 2. The van der Waals surface area contributed by atoms with Gasteiger partial charge in [0.15, 0.2) is 0 Å². The maximum atomic E-state index is 14.7. The fraction of sp³-hybridized carbons (Fsp3) is 0.348. The molecule has 5 N–H and O–H groups in total. The molecule has 3 atom stereocenters. The summed E-state index contributed by atoms with van der Waals surface area (Å²) in [6.45, 7) is 1.98. The summed E-state index contributed by atoms with van der Waals surface area (Å²) in [5.41, 5.74) is 14.7. The summed E-state index contributed by atoms with van der Waals surface area (Å²) in [5, 5.41) is 12.8. The van der Waals surface area contributed by atoms with Crippen LogP contribution >= 0.6 is 11.6 Å². The minimum absolute atomic E-state index is 0.0503. The fourth-order valence-corrected chi connectivity index (χ4v) is 5.15. The van der Waals surface area contributed by atoms with Gasteiger partial charge >= 0.3 is 0 Å². The number of aromatic nitrogens is 4. The quantitative estimate of drug-likeness (QED) is 0.425. The molecule has 0 amide bonds. The Morgan fingerprint density at radius 3 is 2.78 bits per heavy atom. The van der Waals surface area contributed by atoms with Crippen LogP contribution in [-0.4, -0.2) is 30.7 Å². The van der Waals surface area contributed by atoms with Gasteiger partial charge in [0.05, 0.1) is 28.1 Å². The molecule has 5 rings (SSSR count). The molecule has 0 spiro atoms. The number of nitrogens with zero attached hydrogens (tertiary/aromatic N) is 4. The topological polar surface area (TPSA) is 116 Å². The van der Waals surface area contributed by atoms with Crippen LogP contribution in [0.1, 0.15) is 36.6 Å². The number of anilines is 2. The van der Waals surface area contributed by atoms with Crippen molar-refractivity contribution < 1.29 is 9.50 Å². The van der Waals surface area contributed by atoms with Crippen LogP contribution in [-0.2, 0) is 6.42 Å². The van der Waals surface area contributed by atoms with Crippen molar-refractivity contribution in [1.82, 2.24) is 19.5 Å². The zero-order chi connectivity index (χ0) is 22.6. The molecule has 1 aromatic carbocycles. The maximum Gasteiger partial charge on any atom is 0.146 e. The smallest absolute Gasteiger partial charge is 0.146 e. The number of hydrogen-bond donors (Lipinski definition) is 3. The average molecular weight is 455 g/mol. The number of aliphatic hydroxyl groups excluding tert-OH is 1. The molecule has 1 aliphatic carbocycles. The van der Waals surface area contributed by atoms with Gasteiger partial charge in [0, 0.05) is 11.1 Å². The maximum absolute atomic E-state index is 14.7. The molecule has 0 aliphatic heterocycles. The van der Waals surface area contributed by atoms with Gasteiger partial charge in [-0.1, -0.05) is 11.6 Å². The standard InChI is InChI=1S/C23H24ClFN6O/c1-11-6-15-21(26)28-10-29-23(15)31(11)19-5-4-12(20(19)32)2-3-13-9-18-14(8-17(13)25)7-16(24)22(27)30-18/h6-10,12,19-20,32H,2-5H2,1H3,(H2,27,30)(H2,26,28,29)/t12?,19?,20-/m0/s1. The largest absolute Gasteiger partial charge is 0.391 e. The highest BCUT2D eigenvalue weighted by atomic mass is 35.5. The van der Waals surface area contributed by atoms with Crippen molar-refractivity contribution in [2.75, 3.05) is 11.5 Å². The number of hydrogen-bond acceptors (Lipinski definition) is 6. The number of aryl methyl sites for hydroxylation is 2. The molecule has 4 aromatic rings. The molecular weight excluding hydrogens is 431 g/mol. The van der Waals surface area contributed by atoms with E-state index >= 15 is 0 Å². The summed E-state index contributed by atoms with van der Waals surface area (Å²) in [7, 11) is 0. The van der Waals surface area contributed by atoms with Crippen LogP contribution in [0.5, 0.6) is 0 Å². The van der Waals surface area contributed by atoms with Crippen LogP contribution < -0.4 is 11.5 Å². The Labute approximate surface area is 189 Å². The molecule has 3 aromatic heterocycles. The molecule has 32 heavy (non-hydrogen) atoms. The first kappa shape index (κ1) is 20.9. The Morgan fingerprint density at radius 2 is 1.97 bits per heavy atom. The van der Waals surface area contributed by atoms with E-state index in [4.69, 9.17) is 23.1 Å². The van der Waals surface area contributed by atoms with Gasteiger partial charge in [-0.25, -0.2) is 19.3 Å². The van der Waals surface area contributed by atoms with Crippen LogP contribution in [0, 0.1) is 18.7 Å². The van der Waals surface area contributed by atoms with Crippen LogP contribution in [0.25, 0.3) is 21.9 Å². The van der Waals surface area contributed by atoms with Gasteiger partial charge < -0.3 is 21.1 Å². The van der Waals surface area contributed by atoms with Crippen LogP contribution in [0.15, 0.2) is 30.6 Å². The van der Waals surface area contributed by atoms with Gasteiger partial charge in [-0.3, -0.25) is 0 Å². The van der Waals surface area contributed by atoms with Crippen molar-refractivity contribution in [1.29, 1.82) is 0 Å². The molecule has 0 saturated heterocycles. The van der Waals surface area contributed by atoms with E-state index in [1.165, 1.54) is 12.4 Å². The number of aliphatic hydroxyl groups is 1. The molecule has 7 nitrogen and oxygen atoms in total. The molecule has 166 valence electrons. The predicted octanol–water partition coefficient (Wildman–Crippen LogP) is 4.19. The predicted molar refractivity (Wildman–Crippen MR) is 124 cm³/mol. The number of pyridine rings is 1. The molecule has 2 unspecified atom stereocenters. The van der Waals surface area contributed by atoms with E-state index in [1.54, 1.807) is 12.1 Å². The molecule has 0 radical (unpaired) electrons. The van der Waals surface area contributed by atoms with Crippen molar-refractivity contribution in [3.05, 3.63) is 52.7 Å². The summed E-state index contributed by atoms with van der Waals surface area (Å²) in [6.07, 6.45) is 3.72. The van der Waals surface area contributed by atoms with Crippen molar-refractivity contribution in [3.8, 4) is 0 Å². The van der Waals surface area contributed by atoms with E-state index in [1.807, 2.05) is 13.0 Å². The van der Waals surface area contributed by atoms with Gasteiger partial charge in [-0.2, -0.15) is 0 Å². The van der Waals surface area contributed by atoms with Gasteiger partial charge in [0.1, 0.15) is 29.4 Å². The second-order valence-electron chi connectivity index (χ2n) is 8.58. The minimum atomic E-state index is -0.559. The number of nitrogen functional groups attached to an aromatic ring is 2. The highest BCUT2D eigenvalue weighted by Gasteiger charge is 2.37. The van der Waals surface area contributed by atoms with Crippen molar-refractivity contribution in [2.24, 2.45) is 5.92 Å². The third-order valence-corrected chi connectivity index (χ3v) is 6.95. The lowest BCUT2D eigenvalue weighted by Gasteiger charge is -2.23. The van der Waals surface area contributed by atoms with Crippen molar-refractivity contribution >= 4 is 45.2 Å². The van der Waals surface area contributed by atoms with Gasteiger partial charge in [0.25, 0.3) is 0 Å². The fourth-order valence-electron chi connectivity index (χ4n) is 4.99. The summed E-state index contributed by atoms with van der Waals surface area (Å²) < 4.78 is 16.8. The Hall–Kier alpha value is -2.97. The monoisotopic (exact) mass is 454 g/mol. The molecular formula is C23H24ClFN6O. The first-order chi connectivity index (χ1) is 15.3. The number of rotatable bonds is 4. The lowest BCUT2D eigenvalue weighted by molar-refractivity contribution is 0.0917.